The molecule has 0 fully saturated rings. The van der Waals surface area contributed by atoms with Crippen molar-refractivity contribution in [2.45, 2.75) is 47.5 Å². The number of hydrogen-bond donors (Lipinski definition) is 2. The van der Waals surface area contributed by atoms with Crippen LogP contribution in [0.25, 0.3) is 0 Å². The van der Waals surface area contributed by atoms with Gasteiger partial charge in [0.2, 0.25) is 0 Å². The highest BCUT2D eigenvalue weighted by molar-refractivity contribution is 6.13. The summed E-state index contributed by atoms with van der Waals surface area (Å²) in [5.41, 5.74) is 0.523. The quantitative estimate of drug-likeness (QED) is 0.759. The summed E-state index contributed by atoms with van der Waals surface area (Å²) in [6, 6.07) is 0. The molecular weight excluding hydrogens is 296 g/mol. The zero-order valence-electron chi connectivity index (χ0n) is 14.4. The molecule has 0 radical (unpaired) electrons. The van der Waals surface area contributed by atoms with Crippen LogP contribution in [-0.4, -0.2) is 23.6 Å². The van der Waals surface area contributed by atoms with Crippen LogP contribution in [0.1, 0.15) is 47.5 Å². The average Bonchev–Trinajstić information content (AvgIpc) is 2.97. The molecule has 2 N–H and O–H groups in total. The van der Waals surface area contributed by atoms with E-state index in [1.54, 1.807) is 0 Å². The molecule has 23 heavy (non-hydrogen) atoms. The Kier molecular flexibility index (Phi) is 8.77. The van der Waals surface area contributed by atoms with Gasteiger partial charge in [-0.1, -0.05) is 41.0 Å². The maximum atomic E-state index is 10.0. The summed E-state index contributed by atoms with van der Waals surface area (Å²) in [5.74, 6) is -0.421. The molecule has 0 bridgehead atoms. The second-order valence-electron chi connectivity index (χ2n) is 6.65. The molecule has 0 saturated carbocycles. The monoisotopic (exact) mass is 322 g/mol. The van der Waals surface area contributed by atoms with E-state index in [1.807, 2.05) is 10.6 Å². The Hall–Kier alpha value is -2.24. The summed E-state index contributed by atoms with van der Waals surface area (Å²) in [7, 11) is 0. The van der Waals surface area contributed by atoms with Gasteiger partial charge in [0.1, 0.15) is 0 Å². The van der Waals surface area contributed by atoms with Gasteiger partial charge in [0.15, 0.2) is 0 Å². The maximum Gasteiger partial charge on any atom is 0.250 e. The molecule has 0 aromatic rings. The van der Waals surface area contributed by atoms with Crippen molar-refractivity contribution in [3.8, 4) is 0 Å². The number of carbonyl (C=O) groups is 4. The standard InChI is InChI=1S/C9H20.2C4H3NO2/c1-6-8(2)7-9(3,4)5;2*6-3-1-2-4(7)5-3/h8H,6-7H2,1-5H3;2*1-2H,(H,5,6,7). The topological polar surface area (TPSA) is 92.3 Å². The fraction of sp³-hybridized carbons (Fsp3) is 0.529. The predicted molar refractivity (Wildman–Crippen MR) is 88.1 cm³/mol. The number of nitrogens with one attached hydrogen (secondary N) is 2. The fourth-order valence-corrected chi connectivity index (χ4v) is 1.90. The van der Waals surface area contributed by atoms with E-state index in [4.69, 9.17) is 0 Å². The van der Waals surface area contributed by atoms with E-state index in [0.717, 1.165) is 5.92 Å². The lowest BCUT2D eigenvalue weighted by Crippen LogP contribution is -2.19. The zero-order valence-corrected chi connectivity index (χ0v) is 14.4. The first-order chi connectivity index (χ1) is 10.5. The van der Waals surface area contributed by atoms with Crippen molar-refractivity contribution in [1.29, 1.82) is 0 Å². The van der Waals surface area contributed by atoms with E-state index in [2.05, 4.69) is 34.6 Å². The highest BCUT2D eigenvalue weighted by Gasteiger charge is 2.13. The Morgan fingerprint density at radius 3 is 1.22 bits per heavy atom. The van der Waals surface area contributed by atoms with Crippen LogP contribution in [0.5, 0.6) is 0 Å². The molecule has 0 aromatic carbocycles. The van der Waals surface area contributed by atoms with Crippen molar-refractivity contribution in [3.05, 3.63) is 24.3 Å². The number of amides is 4. The lowest BCUT2D eigenvalue weighted by Gasteiger charge is -2.21. The minimum Gasteiger partial charge on any atom is -0.289 e. The molecule has 2 rings (SSSR count). The summed E-state index contributed by atoms with van der Waals surface area (Å²) < 4.78 is 0. The molecule has 2 aliphatic heterocycles. The maximum absolute atomic E-state index is 10.0. The molecule has 2 heterocycles. The van der Waals surface area contributed by atoms with Gasteiger partial charge in [-0.05, 0) is 17.8 Å². The smallest absolute Gasteiger partial charge is 0.250 e. The third kappa shape index (κ3) is 12.0. The van der Waals surface area contributed by atoms with Gasteiger partial charge in [0, 0.05) is 24.3 Å². The first kappa shape index (κ1) is 20.8. The normalized spacial score (nSPS) is 16.9. The summed E-state index contributed by atoms with van der Waals surface area (Å²) in [5, 5.41) is 4.06. The largest absolute Gasteiger partial charge is 0.289 e. The third-order valence-electron chi connectivity index (χ3n) is 2.92. The minimum atomic E-state index is -0.329. The van der Waals surface area contributed by atoms with E-state index < -0.39 is 0 Å². The summed E-state index contributed by atoms with van der Waals surface area (Å²) in [4.78, 5) is 40.1. The first-order valence-corrected chi connectivity index (χ1v) is 7.59. The van der Waals surface area contributed by atoms with Crippen molar-refractivity contribution in [1.82, 2.24) is 10.6 Å². The number of carbonyl (C=O) groups excluding carboxylic acids is 4. The Morgan fingerprint density at radius 2 is 1.13 bits per heavy atom. The van der Waals surface area contributed by atoms with Crippen molar-refractivity contribution in [3.63, 3.8) is 0 Å². The molecule has 0 saturated heterocycles. The molecule has 0 spiro atoms. The Labute approximate surface area is 137 Å². The van der Waals surface area contributed by atoms with Gasteiger partial charge in [0.05, 0.1) is 0 Å². The molecule has 0 aliphatic carbocycles. The summed E-state index contributed by atoms with van der Waals surface area (Å²) in [6.45, 7) is 11.5. The average molecular weight is 322 g/mol. The Morgan fingerprint density at radius 1 is 0.826 bits per heavy atom. The predicted octanol–water partition coefficient (Wildman–Crippen LogP) is 1.87. The van der Waals surface area contributed by atoms with Crippen LogP contribution in [-0.2, 0) is 19.2 Å². The highest BCUT2D eigenvalue weighted by atomic mass is 16.2. The van der Waals surface area contributed by atoms with Crippen molar-refractivity contribution in [2.24, 2.45) is 11.3 Å². The highest BCUT2D eigenvalue weighted by Crippen LogP contribution is 2.25. The van der Waals surface area contributed by atoms with E-state index in [1.165, 1.54) is 37.1 Å². The van der Waals surface area contributed by atoms with Crippen molar-refractivity contribution in [2.75, 3.05) is 0 Å². The van der Waals surface area contributed by atoms with Gasteiger partial charge in [-0.2, -0.15) is 0 Å². The van der Waals surface area contributed by atoms with Gasteiger partial charge in [-0.25, -0.2) is 0 Å². The summed E-state index contributed by atoms with van der Waals surface area (Å²) >= 11 is 0. The van der Waals surface area contributed by atoms with E-state index in [9.17, 15) is 19.2 Å². The zero-order chi connectivity index (χ0) is 18.0. The number of hydrogen-bond acceptors (Lipinski definition) is 4. The third-order valence-corrected chi connectivity index (χ3v) is 2.92. The van der Waals surface area contributed by atoms with E-state index >= 15 is 0 Å². The Bertz CT molecular complexity index is 445. The van der Waals surface area contributed by atoms with Gasteiger partial charge in [0.25, 0.3) is 23.6 Å². The van der Waals surface area contributed by atoms with Crippen LogP contribution in [0.15, 0.2) is 24.3 Å². The van der Waals surface area contributed by atoms with E-state index in [0.29, 0.717) is 5.41 Å². The number of rotatable bonds is 2. The fourth-order valence-electron chi connectivity index (χ4n) is 1.90. The molecule has 128 valence electrons. The van der Waals surface area contributed by atoms with E-state index in [-0.39, 0.29) is 23.6 Å². The molecule has 4 amide bonds. The second kappa shape index (κ2) is 9.71. The Balaban J connectivity index is 0.000000318. The van der Waals surface area contributed by atoms with Crippen molar-refractivity contribution < 1.29 is 19.2 Å². The van der Waals surface area contributed by atoms with Crippen LogP contribution < -0.4 is 10.6 Å². The van der Waals surface area contributed by atoms with Crippen molar-refractivity contribution >= 4 is 23.6 Å². The van der Waals surface area contributed by atoms with Gasteiger partial charge >= 0.3 is 0 Å². The van der Waals surface area contributed by atoms with Gasteiger partial charge in [-0.15, -0.1) is 0 Å². The molecule has 6 heteroatoms. The van der Waals surface area contributed by atoms with Crippen LogP contribution >= 0.6 is 0 Å². The van der Waals surface area contributed by atoms with Gasteiger partial charge < -0.3 is 0 Å². The number of imide groups is 2. The van der Waals surface area contributed by atoms with Crippen LogP contribution in [0.2, 0.25) is 0 Å². The first-order valence-electron chi connectivity index (χ1n) is 7.59. The minimum absolute atomic E-state index is 0.329. The lowest BCUT2D eigenvalue weighted by molar-refractivity contribution is -0.125. The summed E-state index contributed by atoms with van der Waals surface area (Å²) in [6.07, 6.45) is 7.45. The molecule has 0 aromatic heterocycles. The molecule has 2 aliphatic rings. The molecule has 1 unspecified atom stereocenters. The lowest BCUT2D eigenvalue weighted by atomic mass is 9.84. The van der Waals surface area contributed by atoms with Gasteiger partial charge in [-0.3, -0.25) is 29.8 Å². The molecule has 1 atom stereocenters. The van der Waals surface area contributed by atoms with Crippen LogP contribution in [0, 0.1) is 11.3 Å². The second-order valence-corrected chi connectivity index (χ2v) is 6.65. The SMILES string of the molecule is CCC(C)CC(C)(C)C.O=C1C=CC(=O)N1.O=C1C=CC(=O)N1. The van der Waals surface area contributed by atoms with Crippen LogP contribution in [0.4, 0.5) is 0 Å². The molecule has 6 nitrogen and oxygen atoms in total. The molecular formula is C17H26N2O4. The van der Waals surface area contributed by atoms with Crippen LogP contribution in [0.3, 0.4) is 0 Å².